The fourth-order valence-electron chi connectivity index (χ4n) is 2.41. The number of halogens is 2. The molecule has 0 spiro atoms. The van der Waals surface area contributed by atoms with E-state index in [4.69, 9.17) is 23.2 Å². The van der Waals surface area contributed by atoms with E-state index >= 15 is 0 Å². The summed E-state index contributed by atoms with van der Waals surface area (Å²) in [5, 5.41) is 8.12. The maximum Gasteiger partial charge on any atom is 0.267 e. The zero-order chi connectivity index (χ0) is 18.5. The van der Waals surface area contributed by atoms with Gasteiger partial charge in [0.2, 0.25) is 5.91 Å². The Labute approximate surface area is 160 Å². The molecule has 0 saturated heterocycles. The molecular formula is C19H15Cl2N3O2. The number of benzene rings is 2. The molecule has 1 aromatic heterocycles. The van der Waals surface area contributed by atoms with E-state index in [1.165, 1.54) is 6.07 Å². The van der Waals surface area contributed by atoms with Crippen LogP contribution < -0.4 is 10.9 Å². The Balaban J connectivity index is 1.73. The number of rotatable bonds is 5. The van der Waals surface area contributed by atoms with Crippen LogP contribution in [-0.4, -0.2) is 15.7 Å². The van der Waals surface area contributed by atoms with Crippen molar-refractivity contribution in [2.75, 3.05) is 0 Å². The van der Waals surface area contributed by atoms with Gasteiger partial charge in [-0.1, -0.05) is 53.5 Å². The Kier molecular flexibility index (Phi) is 5.71. The normalized spacial score (nSPS) is 10.5. The van der Waals surface area contributed by atoms with E-state index in [2.05, 4.69) is 10.4 Å². The second-order valence-electron chi connectivity index (χ2n) is 5.60. The summed E-state index contributed by atoms with van der Waals surface area (Å²) < 4.78 is 1.12. The number of carbonyl (C=O) groups is 1. The molecule has 3 aromatic rings. The maximum atomic E-state index is 12.2. The first-order valence-corrected chi connectivity index (χ1v) is 8.63. The maximum absolute atomic E-state index is 12.2. The molecule has 5 nitrogen and oxygen atoms in total. The molecule has 0 aliphatic carbocycles. The first-order valence-electron chi connectivity index (χ1n) is 7.87. The predicted molar refractivity (Wildman–Crippen MR) is 102 cm³/mol. The summed E-state index contributed by atoms with van der Waals surface area (Å²) in [6, 6.07) is 17.3. The van der Waals surface area contributed by atoms with Gasteiger partial charge in [0, 0.05) is 23.2 Å². The van der Waals surface area contributed by atoms with Crippen LogP contribution in [0.4, 0.5) is 0 Å². The van der Waals surface area contributed by atoms with Crippen molar-refractivity contribution in [1.82, 2.24) is 15.1 Å². The van der Waals surface area contributed by atoms with Gasteiger partial charge in [0.1, 0.15) is 6.54 Å². The van der Waals surface area contributed by atoms with Crippen LogP contribution in [0, 0.1) is 0 Å². The summed E-state index contributed by atoms with van der Waals surface area (Å²) in [6.45, 7) is 0.135. The third-order valence-electron chi connectivity index (χ3n) is 3.69. The number of nitrogens with one attached hydrogen (secondary N) is 1. The summed E-state index contributed by atoms with van der Waals surface area (Å²) in [5.41, 5.74) is 1.73. The zero-order valence-electron chi connectivity index (χ0n) is 13.7. The van der Waals surface area contributed by atoms with E-state index in [1.807, 2.05) is 24.3 Å². The van der Waals surface area contributed by atoms with E-state index in [1.54, 1.807) is 30.3 Å². The van der Waals surface area contributed by atoms with Gasteiger partial charge in [-0.25, -0.2) is 4.68 Å². The van der Waals surface area contributed by atoms with E-state index in [9.17, 15) is 9.59 Å². The van der Waals surface area contributed by atoms with Gasteiger partial charge in [-0.15, -0.1) is 0 Å². The molecular weight excluding hydrogens is 373 g/mol. The SMILES string of the molecule is O=C(Cn1nc(-c2ccccc2Cl)ccc1=O)NCc1cccc(Cl)c1. The molecule has 0 radical (unpaired) electrons. The average Bonchev–Trinajstić information content (AvgIpc) is 2.62. The highest BCUT2D eigenvalue weighted by molar-refractivity contribution is 6.33. The first-order chi connectivity index (χ1) is 12.5. The lowest BCUT2D eigenvalue weighted by Crippen LogP contribution is -2.33. The molecule has 1 heterocycles. The minimum atomic E-state index is -0.362. The second kappa shape index (κ2) is 8.17. The van der Waals surface area contributed by atoms with Crippen molar-refractivity contribution in [3.63, 3.8) is 0 Å². The summed E-state index contributed by atoms with van der Waals surface area (Å²) in [6.07, 6.45) is 0. The van der Waals surface area contributed by atoms with E-state index in [-0.39, 0.29) is 18.0 Å². The minimum absolute atomic E-state index is 0.183. The largest absolute Gasteiger partial charge is 0.350 e. The molecule has 132 valence electrons. The molecule has 26 heavy (non-hydrogen) atoms. The lowest BCUT2D eigenvalue weighted by atomic mass is 10.1. The summed E-state index contributed by atoms with van der Waals surface area (Å²) in [4.78, 5) is 24.2. The van der Waals surface area contributed by atoms with Gasteiger partial charge < -0.3 is 5.32 Å². The topological polar surface area (TPSA) is 64.0 Å². The number of hydrogen-bond acceptors (Lipinski definition) is 3. The molecule has 1 N–H and O–H groups in total. The van der Waals surface area contributed by atoms with E-state index in [0.717, 1.165) is 10.2 Å². The highest BCUT2D eigenvalue weighted by atomic mass is 35.5. The van der Waals surface area contributed by atoms with Gasteiger partial charge in [0.15, 0.2) is 0 Å². The summed E-state index contributed by atoms with van der Waals surface area (Å²) >= 11 is 12.1. The molecule has 7 heteroatoms. The van der Waals surface area contributed by atoms with Crippen LogP contribution >= 0.6 is 23.2 Å². The van der Waals surface area contributed by atoms with Crippen molar-refractivity contribution in [2.45, 2.75) is 13.1 Å². The monoisotopic (exact) mass is 387 g/mol. The first kappa shape index (κ1) is 18.2. The number of nitrogens with zero attached hydrogens (tertiary/aromatic N) is 2. The highest BCUT2D eigenvalue weighted by Crippen LogP contribution is 2.24. The molecule has 2 aromatic carbocycles. The molecule has 3 rings (SSSR count). The third kappa shape index (κ3) is 4.50. The van der Waals surface area contributed by atoms with Gasteiger partial charge in [-0.05, 0) is 29.8 Å². The fourth-order valence-corrected chi connectivity index (χ4v) is 2.86. The summed E-state index contributed by atoms with van der Waals surface area (Å²) in [5.74, 6) is -0.323. The van der Waals surface area contributed by atoms with E-state index in [0.29, 0.717) is 27.8 Å². The van der Waals surface area contributed by atoms with Gasteiger partial charge in [0.25, 0.3) is 5.56 Å². The number of amides is 1. The number of carbonyl (C=O) groups excluding carboxylic acids is 1. The van der Waals surface area contributed by atoms with Crippen molar-refractivity contribution in [2.24, 2.45) is 0 Å². The Morgan fingerprint density at radius 1 is 1.04 bits per heavy atom. The third-order valence-corrected chi connectivity index (χ3v) is 4.25. The second-order valence-corrected chi connectivity index (χ2v) is 6.44. The van der Waals surface area contributed by atoms with Gasteiger partial charge in [-0.3, -0.25) is 9.59 Å². The van der Waals surface area contributed by atoms with Crippen molar-refractivity contribution in [3.05, 3.63) is 86.6 Å². The van der Waals surface area contributed by atoms with Crippen molar-refractivity contribution in [1.29, 1.82) is 0 Å². The number of aromatic nitrogens is 2. The van der Waals surface area contributed by atoms with Crippen molar-refractivity contribution in [3.8, 4) is 11.3 Å². The Hall–Kier alpha value is -2.63. The minimum Gasteiger partial charge on any atom is -0.350 e. The van der Waals surface area contributed by atoms with Crippen molar-refractivity contribution >= 4 is 29.1 Å². The average molecular weight is 388 g/mol. The fraction of sp³-hybridized carbons (Fsp3) is 0.105. The van der Waals surface area contributed by atoms with E-state index < -0.39 is 0 Å². The van der Waals surface area contributed by atoms with Crippen LogP contribution in [0.2, 0.25) is 10.0 Å². The summed E-state index contributed by atoms with van der Waals surface area (Å²) in [7, 11) is 0. The molecule has 1 amide bonds. The lowest BCUT2D eigenvalue weighted by Gasteiger charge is -2.09. The molecule has 0 bridgehead atoms. The van der Waals surface area contributed by atoms with Gasteiger partial charge in [0.05, 0.1) is 10.7 Å². The highest BCUT2D eigenvalue weighted by Gasteiger charge is 2.10. The molecule has 0 aliphatic heterocycles. The molecule has 0 unspecified atom stereocenters. The van der Waals surface area contributed by atoms with Crippen LogP contribution in [0.5, 0.6) is 0 Å². The molecule has 0 saturated carbocycles. The van der Waals surface area contributed by atoms with Crippen LogP contribution in [0.1, 0.15) is 5.56 Å². The predicted octanol–water partition coefficient (Wildman–Crippen LogP) is 3.53. The van der Waals surface area contributed by atoms with Gasteiger partial charge >= 0.3 is 0 Å². The smallest absolute Gasteiger partial charge is 0.267 e. The van der Waals surface area contributed by atoms with Crippen molar-refractivity contribution < 1.29 is 4.79 Å². The number of hydrogen-bond donors (Lipinski definition) is 1. The quantitative estimate of drug-likeness (QED) is 0.727. The zero-order valence-corrected chi connectivity index (χ0v) is 15.2. The molecule has 0 aliphatic rings. The Bertz CT molecular complexity index is 1000. The van der Waals surface area contributed by atoms with Crippen LogP contribution in [0.15, 0.2) is 65.5 Å². The van der Waals surface area contributed by atoms with Gasteiger partial charge in [-0.2, -0.15) is 5.10 Å². The van der Waals surface area contributed by atoms with Crippen LogP contribution in [0.3, 0.4) is 0 Å². The lowest BCUT2D eigenvalue weighted by molar-refractivity contribution is -0.122. The Morgan fingerprint density at radius 3 is 2.62 bits per heavy atom. The Morgan fingerprint density at radius 2 is 1.85 bits per heavy atom. The molecule has 0 fully saturated rings. The van der Waals surface area contributed by atoms with Crippen LogP contribution in [-0.2, 0) is 17.9 Å². The van der Waals surface area contributed by atoms with Crippen LogP contribution in [0.25, 0.3) is 11.3 Å². The molecule has 0 atom stereocenters. The standard InChI is InChI=1S/C19H15Cl2N3O2/c20-14-5-3-4-13(10-14)11-22-18(25)12-24-19(26)9-8-17(23-24)15-6-1-2-7-16(15)21/h1-10H,11-12H2,(H,22,25).